The molecule has 3 rings (SSSR count). The minimum absolute atomic E-state index is 0.127. The molecule has 2 aliphatic heterocycles. The first-order valence-corrected chi connectivity index (χ1v) is 9.37. The molecular weight excluding hydrogens is 348 g/mol. The third kappa shape index (κ3) is 3.82. The number of likely N-dealkylation sites (tertiary alicyclic amines) is 2. The SMILES string of the molecule is COC(=O)N1CCC2(CCCN2C(=O)Cc2ccc(OC)c(OC)c2)CC1. The van der Waals surface area contributed by atoms with Crippen LogP contribution in [0.15, 0.2) is 18.2 Å². The first-order chi connectivity index (χ1) is 13.0. The quantitative estimate of drug-likeness (QED) is 0.808. The summed E-state index contributed by atoms with van der Waals surface area (Å²) in [7, 11) is 4.59. The average Bonchev–Trinajstić information content (AvgIpc) is 3.10. The number of rotatable bonds is 4. The second-order valence-electron chi connectivity index (χ2n) is 7.20. The Labute approximate surface area is 160 Å². The third-order valence-electron chi connectivity index (χ3n) is 5.83. The molecule has 0 unspecified atom stereocenters. The smallest absolute Gasteiger partial charge is 0.409 e. The first-order valence-electron chi connectivity index (χ1n) is 9.37. The Kier molecular flexibility index (Phi) is 5.77. The van der Waals surface area contributed by atoms with Gasteiger partial charge in [0.1, 0.15) is 0 Å². The summed E-state index contributed by atoms with van der Waals surface area (Å²) in [5, 5.41) is 0. The number of ether oxygens (including phenoxy) is 3. The summed E-state index contributed by atoms with van der Waals surface area (Å²) >= 11 is 0. The molecule has 0 aliphatic carbocycles. The maximum atomic E-state index is 13.1. The van der Waals surface area contributed by atoms with Gasteiger partial charge in [0.25, 0.3) is 0 Å². The monoisotopic (exact) mass is 376 g/mol. The van der Waals surface area contributed by atoms with Gasteiger partial charge >= 0.3 is 6.09 Å². The fraction of sp³-hybridized carbons (Fsp3) is 0.600. The lowest BCUT2D eigenvalue weighted by Gasteiger charge is -2.44. The zero-order valence-corrected chi connectivity index (χ0v) is 16.3. The van der Waals surface area contributed by atoms with Crippen LogP contribution in [0.25, 0.3) is 0 Å². The predicted octanol–water partition coefficient (Wildman–Crippen LogP) is 2.47. The van der Waals surface area contributed by atoms with E-state index in [9.17, 15) is 9.59 Å². The second kappa shape index (κ2) is 8.06. The van der Waals surface area contributed by atoms with Crippen molar-refractivity contribution in [1.82, 2.24) is 9.80 Å². The van der Waals surface area contributed by atoms with Gasteiger partial charge in [-0.25, -0.2) is 4.79 Å². The minimum Gasteiger partial charge on any atom is -0.493 e. The highest BCUT2D eigenvalue weighted by Crippen LogP contribution is 2.39. The van der Waals surface area contributed by atoms with Crippen LogP contribution in [-0.4, -0.2) is 68.3 Å². The summed E-state index contributed by atoms with van der Waals surface area (Å²) in [4.78, 5) is 28.6. The molecule has 2 saturated heterocycles. The van der Waals surface area contributed by atoms with Gasteiger partial charge in [-0.2, -0.15) is 0 Å². The maximum Gasteiger partial charge on any atom is 0.409 e. The predicted molar refractivity (Wildman–Crippen MR) is 100 cm³/mol. The molecule has 0 aromatic heterocycles. The lowest BCUT2D eigenvalue weighted by atomic mass is 9.84. The fourth-order valence-electron chi connectivity index (χ4n) is 4.34. The van der Waals surface area contributed by atoms with Crippen LogP contribution >= 0.6 is 0 Å². The van der Waals surface area contributed by atoms with E-state index >= 15 is 0 Å². The standard InChI is InChI=1S/C20H28N2O5/c1-25-16-6-5-15(13-17(16)26-2)14-18(23)22-10-4-7-20(22)8-11-21(12-9-20)19(24)27-3/h5-6,13H,4,7-12,14H2,1-3H3. The Hall–Kier alpha value is -2.44. The highest BCUT2D eigenvalue weighted by Gasteiger charge is 2.45. The summed E-state index contributed by atoms with van der Waals surface area (Å²) in [6.45, 7) is 2.05. The third-order valence-corrected chi connectivity index (χ3v) is 5.83. The van der Waals surface area contributed by atoms with E-state index in [1.54, 1.807) is 19.1 Å². The molecule has 7 nitrogen and oxygen atoms in total. The van der Waals surface area contributed by atoms with Gasteiger partial charge in [-0.15, -0.1) is 0 Å². The van der Waals surface area contributed by atoms with Crippen molar-refractivity contribution in [3.05, 3.63) is 23.8 Å². The van der Waals surface area contributed by atoms with Crippen LogP contribution in [0.2, 0.25) is 0 Å². The molecule has 7 heteroatoms. The summed E-state index contributed by atoms with van der Waals surface area (Å²) in [5.41, 5.74) is 0.782. The molecule has 0 saturated carbocycles. The number of nitrogens with zero attached hydrogens (tertiary/aromatic N) is 2. The van der Waals surface area contributed by atoms with Crippen molar-refractivity contribution in [3.63, 3.8) is 0 Å². The molecule has 2 amide bonds. The molecule has 2 aliphatic rings. The van der Waals surface area contributed by atoms with E-state index in [2.05, 4.69) is 0 Å². The second-order valence-corrected chi connectivity index (χ2v) is 7.20. The van der Waals surface area contributed by atoms with Gasteiger partial charge in [-0.3, -0.25) is 4.79 Å². The molecule has 0 radical (unpaired) electrons. The Bertz CT molecular complexity index is 698. The van der Waals surface area contributed by atoms with E-state index in [1.807, 2.05) is 23.1 Å². The number of hydrogen-bond acceptors (Lipinski definition) is 5. The van der Waals surface area contributed by atoms with Gasteiger partial charge < -0.3 is 24.0 Å². The topological polar surface area (TPSA) is 68.3 Å². The first kappa shape index (κ1) is 19.3. The fourth-order valence-corrected chi connectivity index (χ4v) is 4.34. The number of hydrogen-bond donors (Lipinski definition) is 0. The van der Waals surface area contributed by atoms with Crippen molar-refractivity contribution < 1.29 is 23.8 Å². The van der Waals surface area contributed by atoms with Gasteiger partial charge in [-0.05, 0) is 43.4 Å². The molecule has 0 bridgehead atoms. The van der Waals surface area contributed by atoms with Gasteiger partial charge in [0.05, 0.1) is 27.8 Å². The Morgan fingerprint density at radius 1 is 1.00 bits per heavy atom. The normalized spacial score (nSPS) is 18.5. The zero-order valence-electron chi connectivity index (χ0n) is 16.3. The molecule has 1 spiro atoms. The van der Waals surface area contributed by atoms with Crippen molar-refractivity contribution in [3.8, 4) is 11.5 Å². The molecule has 0 atom stereocenters. The van der Waals surface area contributed by atoms with Crippen LogP contribution in [0.1, 0.15) is 31.2 Å². The molecular formula is C20H28N2O5. The van der Waals surface area contributed by atoms with E-state index in [0.717, 1.165) is 37.8 Å². The summed E-state index contributed by atoms with van der Waals surface area (Å²) in [5.74, 6) is 1.41. The minimum atomic E-state index is -0.286. The van der Waals surface area contributed by atoms with E-state index in [0.29, 0.717) is 31.0 Å². The largest absolute Gasteiger partial charge is 0.493 e. The van der Waals surface area contributed by atoms with Crippen LogP contribution in [0, 0.1) is 0 Å². The van der Waals surface area contributed by atoms with Crippen molar-refractivity contribution in [1.29, 1.82) is 0 Å². The molecule has 2 fully saturated rings. The molecule has 27 heavy (non-hydrogen) atoms. The molecule has 148 valence electrons. The number of methoxy groups -OCH3 is 3. The van der Waals surface area contributed by atoms with Crippen molar-refractivity contribution >= 4 is 12.0 Å². The van der Waals surface area contributed by atoms with Crippen molar-refractivity contribution in [2.24, 2.45) is 0 Å². The van der Waals surface area contributed by atoms with E-state index < -0.39 is 0 Å². The van der Waals surface area contributed by atoms with Gasteiger partial charge in [-0.1, -0.05) is 6.07 Å². The Balaban J connectivity index is 1.68. The summed E-state index contributed by atoms with van der Waals surface area (Å²) in [6, 6.07) is 5.59. The van der Waals surface area contributed by atoms with Crippen LogP contribution < -0.4 is 9.47 Å². The summed E-state index contributed by atoms with van der Waals surface area (Å²) in [6.07, 6.45) is 3.67. The van der Waals surface area contributed by atoms with Crippen molar-refractivity contribution in [2.45, 2.75) is 37.6 Å². The highest BCUT2D eigenvalue weighted by molar-refractivity contribution is 5.80. The average molecular weight is 376 g/mol. The molecule has 1 aromatic rings. The highest BCUT2D eigenvalue weighted by atomic mass is 16.5. The Morgan fingerprint density at radius 3 is 2.33 bits per heavy atom. The number of carbonyl (C=O) groups is 2. The van der Waals surface area contributed by atoms with Gasteiger partial charge in [0, 0.05) is 25.2 Å². The maximum absolute atomic E-state index is 13.1. The van der Waals surface area contributed by atoms with Gasteiger partial charge in [0.15, 0.2) is 11.5 Å². The molecule has 1 aromatic carbocycles. The zero-order chi connectivity index (χ0) is 19.4. The lowest BCUT2D eigenvalue weighted by molar-refractivity contribution is -0.136. The van der Waals surface area contributed by atoms with Crippen LogP contribution in [0.3, 0.4) is 0 Å². The van der Waals surface area contributed by atoms with E-state index in [-0.39, 0.29) is 17.5 Å². The van der Waals surface area contributed by atoms with Crippen LogP contribution in [0.5, 0.6) is 11.5 Å². The number of piperidine rings is 1. The molecule has 0 N–H and O–H groups in total. The van der Waals surface area contributed by atoms with Crippen molar-refractivity contribution in [2.75, 3.05) is 41.0 Å². The Morgan fingerprint density at radius 2 is 1.70 bits per heavy atom. The summed E-state index contributed by atoms with van der Waals surface area (Å²) < 4.78 is 15.4. The lowest BCUT2D eigenvalue weighted by Crippen LogP contribution is -2.55. The van der Waals surface area contributed by atoms with E-state index in [4.69, 9.17) is 14.2 Å². The number of benzene rings is 1. The van der Waals surface area contributed by atoms with E-state index in [1.165, 1.54) is 7.11 Å². The molecule has 2 heterocycles. The van der Waals surface area contributed by atoms with Crippen LogP contribution in [0.4, 0.5) is 4.79 Å². The van der Waals surface area contributed by atoms with Gasteiger partial charge in [0.2, 0.25) is 5.91 Å². The number of carbonyl (C=O) groups excluding carboxylic acids is 2. The van der Waals surface area contributed by atoms with Crippen LogP contribution in [-0.2, 0) is 16.0 Å². The number of amides is 2.